The van der Waals surface area contributed by atoms with Crippen LogP contribution in [0.4, 0.5) is 4.39 Å². The minimum atomic E-state index is -3.61. The maximum Gasteiger partial charge on any atom is 0.258 e. The van der Waals surface area contributed by atoms with Crippen molar-refractivity contribution in [1.82, 2.24) is 0 Å². The fraction of sp³-hybridized carbons (Fsp3) is 0.364. The van der Waals surface area contributed by atoms with E-state index in [1.54, 1.807) is 26.8 Å². The summed E-state index contributed by atoms with van der Waals surface area (Å²) < 4.78 is 38.9. The lowest BCUT2D eigenvalue weighted by molar-refractivity contribution is 0.562. The van der Waals surface area contributed by atoms with Gasteiger partial charge in [0, 0.05) is 5.56 Å². The van der Waals surface area contributed by atoms with Crippen LogP contribution in [-0.4, -0.2) is 19.4 Å². The van der Waals surface area contributed by atoms with E-state index in [9.17, 15) is 12.8 Å². The molecule has 0 aliphatic heterocycles. The van der Waals surface area contributed by atoms with Gasteiger partial charge in [0.05, 0.1) is 11.0 Å². The Balaban J connectivity index is 3.04. The highest BCUT2D eigenvalue weighted by Gasteiger charge is 2.27. The fourth-order valence-corrected chi connectivity index (χ4v) is 1.43. The molecule has 0 fully saturated rings. The second-order valence-electron chi connectivity index (χ2n) is 4.34. The Morgan fingerprint density at radius 2 is 1.81 bits per heavy atom. The van der Waals surface area contributed by atoms with Crippen molar-refractivity contribution >= 4 is 16.2 Å². The van der Waals surface area contributed by atoms with Gasteiger partial charge in [-0.25, -0.2) is 12.8 Å². The fourth-order valence-electron chi connectivity index (χ4n) is 0.864. The highest BCUT2D eigenvalue weighted by Crippen LogP contribution is 2.17. The molecule has 0 bridgehead atoms. The van der Waals surface area contributed by atoms with E-state index in [1.165, 1.54) is 18.2 Å². The van der Waals surface area contributed by atoms with E-state index in [1.807, 2.05) is 0 Å². The first kappa shape index (κ1) is 12.8. The zero-order chi connectivity index (χ0) is 12.4. The van der Waals surface area contributed by atoms with Crippen molar-refractivity contribution in [3.05, 3.63) is 35.6 Å². The summed E-state index contributed by atoms with van der Waals surface area (Å²) in [6, 6.07) is 5.88. The molecule has 1 aromatic carbocycles. The molecule has 16 heavy (non-hydrogen) atoms. The Morgan fingerprint density at radius 1 is 1.25 bits per heavy atom. The number of hydrogen-bond acceptors (Lipinski definition) is 2. The van der Waals surface area contributed by atoms with Crippen LogP contribution >= 0.6 is 0 Å². The second kappa shape index (κ2) is 4.33. The molecule has 5 heteroatoms. The highest BCUT2D eigenvalue weighted by atomic mass is 32.2. The first-order chi connectivity index (χ1) is 7.24. The van der Waals surface area contributed by atoms with Crippen LogP contribution in [0.15, 0.2) is 28.7 Å². The van der Waals surface area contributed by atoms with Crippen molar-refractivity contribution in [3.8, 4) is 0 Å². The predicted octanol–water partition coefficient (Wildman–Crippen LogP) is 2.37. The van der Waals surface area contributed by atoms with Crippen molar-refractivity contribution in [1.29, 1.82) is 0 Å². The maximum absolute atomic E-state index is 13.2. The van der Waals surface area contributed by atoms with Gasteiger partial charge in [0.15, 0.2) is 0 Å². The molecular formula is C11H14FNO2S. The normalized spacial score (nSPS) is 13.2. The number of nitrogens with zero attached hydrogens (tertiary/aromatic N) is 1. The molecule has 0 saturated heterocycles. The summed E-state index contributed by atoms with van der Waals surface area (Å²) in [7, 11) is -3.61. The highest BCUT2D eigenvalue weighted by molar-refractivity contribution is 7.91. The third kappa shape index (κ3) is 2.88. The minimum Gasteiger partial charge on any atom is -0.206 e. The zero-order valence-electron chi connectivity index (χ0n) is 9.44. The van der Waals surface area contributed by atoms with Crippen LogP contribution in [0.25, 0.3) is 0 Å². The molecule has 3 nitrogen and oxygen atoms in total. The quantitative estimate of drug-likeness (QED) is 0.749. The SMILES string of the molecule is CC(C)(C)S(=O)(=O)/N=C/c1ccccc1F. The van der Waals surface area contributed by atoms with Crippen LogP contribution in [-0.2, 0) is 10.0 Å². The van der Waals surface area contributed by atoms with Crippen LogP contribution < -0.4 is 0 Å². The smallest absolute Gasteiger partial charge is 0.206 e. The van der Waals surface area contributed by atoms with Gasteiger partial charge in [0.1, 0.15) is 5.82 Å². The molecule has 0 saturated carbocycles. The number of halogens is 1. The molecule has 88 valence electrons. The van der Waals surface area contributed by atoms with Crippen molar-refractivity contribution in [2.75, 3.05) is 0 Å². The average Bonchev–Trinajstić information content (AvgIpc) is 2.15. The van der Waals surface area contributed by atoms with E-state index < -0.39 is 20.6 Å². The molecule has 1 rings (SSSR count). The average molecular weight is 243 g/mol. The second-order valence-corrected chi connectivity index (χ2v) is 6.73. The van der Waals surface area contributed by atoms with Gasteiger partial charge >= 0.3 is 0 Å². The van der Waals surface area contributed by atoms with E-state index >= 15 is 0 Å². The number of sulfonamides is 1. The molecule has 0 unspecified atom stereocenters. The molecule has 0 radical (unpaired) electrons. The van der Waals surface area contributed by atoms with E-state index in [0.29, 0.717) is 0 Å². The topological polar surface area (TPSA) is 46.5 Å². The van der Waals surface area contributed by atoms with Gasteiger partial charge in [-0.2, -0.15) is 4.40 Å². The van der Waals surface area contributed by atoms with E-state index in [-0.39, 0.29) is 5.56 Å². The summed E-state index contributed by atoms with van der Waals surface area (Å²) in [5, 5.41) is 0. The summed E-state index contributed by atoms with van der Waals surface area (Å²) in [4.78, 5) is 0. The Kier molecular flexibility index (Phi) is 3.48. The van der Waals surface area contributed by atoms with E-state index in [0.717, 1.165) is 6.21 Å². The molecule has 0 atom stereocenters. The van der Waals surface area contributed by atoms with Gasteiger partial charge in [-0.1, -0.05) is 18.2 Å². The van der Waals surface area contributed by atoms with Gasteiger partial charge in [-0.05, 0) is 26.8 Å². The molecule has 0 aliphatic rings. The monoisotopic (exact) mass is 243 g/mol. The molecule has 0 heterocycles. The van der Waals surface area contributed by atoms with Crippen LogP contribution in [0.5, 0.6) is 0 Å². The standard InChI is InChI=1S/C11H14FNO2S/c1-11(2,3)16(14,15)13-8-9-6-4-5-7-10(9)12/h4-8H,1-3H3/b13-8+. The Labute approximate surface area is 95.1 Å². The largest absolute Gasteiger partial charge is 0.258 e. The van der Waals surface area contributed by atoms with Gasteiger partial charge in [0.25, 0.3) is 10.0 Å². The van der Waals surface area contributed by atoms with Crippen molar-refractivity contribution < 1.29 is 12.8 Å². The summed E-state index contributed by atoms with van der Waals surface area (Å²) in [5.41, 5.74) is 0.162. The summed E-state index contributed by atoms with van der Waals surface area (Å²) in [6.45, 7) is 4.63. The molecular weight excluding hydrogens is 229 g/mol. The molecule has 0 N–H and O–H groups in total. The Bertz CT molecular complexity index is 501. The summed E-state index contributed by atoms with van der Waals surface area (Å²) in [5.74, 6) is -0.490. The van der Waals surface area contributed by atoms with Crippen molar-refractivity contribution in [3.63, 3.8) is 0 Å². The third-order valence-electron chi connectivity index (χ3n) is 2.01. The molecule has 1 aromatic rings. The van der Waals surface area contributed by atoms with Gasteiger partial charge < -0.3 is 0 Å². The van der Waals surface area contributed by atoms with Crippen LogP contribution in [0.1, 0.15) is 26.3 Å². The molecule has 0 spiro atoms. The Morgan fingerprint density at radius 3 is 2.31 bits per heavy atom. The lowest BCUT2D eigenvalue weighted by Gasteiger charge is -2.14. The molecule has 0 aromatic heterocycles. The molecule has 0 amide bonds. The van der Waals surface area contributed by atoms with Gasteiger partial charge in [-0.3, -0.25) is 0 Å². The summed E-state index contributed by atoms with van der Waals surface area (Å²) in [6.07, 6.45) is 1.04. The van der Waals surface area contributed by atoms with Gasteiger partial charge in [-0.15, -0.1) is 0 Å². The summed E-state index contributed by atoms with van der Waals surface area (Å²) >= 11 is 0. The zero-order valence-corrected chi connectivity index (χ0v) is 10.3. The lowest BCUT2D eigenvalue weighted by atomic mass is 10.2. The number of hydrogen-bond donors (Lipinski definition) is 0. The first-order valence-corrected chi connectivity index (χ1v) is 6.22. The first-order valence-electron chi connectivity index (χ1n) is 4.78. The number of benzene rings is 1. The van der Waals surface area contributed by atoms with E-state index in [4.69, 9.17) is 0 Å². The maximum atomic E-state index is 13.2. The van der Waals surface area contributed by atoms with Gasteiger partial charge in [0.2, 0.25) is 0 Å². The van der Waals surface area contributed by atoms with Crippen LogP contribution in [0.3, 0.4) is 0 Å². The number of rotatable bonds is 2. The Hall–Kier alpha value is -1.23. The third-order valence-corrected chi connectivity index (χ3v) is 3.94. The van der Waals surface area contributed by atoms with Crippen molar-refractivity contribution in [2.24, 2.45) is 4.40 Å². The molecule has 0 aliphatic carbocycles. The lowest BCUT2D eigenvalue weighted by Crippen LogP contribution is -2.25. The predicted molar refractivity (Wildman–Crippen MR) is 62.7 cm³/mol. The van der Waals surface area contributed by atoms with Crippen LogP contribution in [0, 0.1) is 5.82 Å². The minimum absolute atomic E-state index is 0.162. The van der Waals surface area contributed by atoms with Crippen molar-refractivity contribution in [2.45, 2.75) is 25.5 Å². The van der Waals surface area contributed by atoms with Crippen LogP contribution in [0.2, 0.25) is 0 Å². The van der Waals surface area contributed by atoms with E-state index in [2.05, 4.69) is 4.40 Å².